The third kappa shape index (κ3) is 4.12. The Balaban J connectivity index is 1.69. The lowest BCUT2D eigenvalue weighted by Crippen LogP contribution is -2.26. The molecule has 1 aliphatic carbocycles. The molecule has 3 atom stereocenters. The average molecular weight is 379 g/mol. The van der Waals surface area contributed by atoms with E-state index in [1.807, 2.05) is 74.5 Å². The van der Waals surface area contributed by atoms with Crippen molar-refractivity contribution in [3.05, 3.63) is 71.8 Å². The van der Waals surface area contributed by atoms with Gasteiger partial charge in [-0.15, -0.1) is 0 Å². The first-order valence-electron chi connectivity index (χ1n) is 9.32. The van der Waals surface area contributed by atoms with E-state index in [4.69, 9.17) is 14.4 Å². The highest BCUT2D eigenvalue weighted by molar-refractivity contribution is 6.20. The van der Waals surface area contributed by atoms with Gasteiger partial charge in [-0.1, -0.05) is 67.6 Å². The van der Waals surface area contributed by atoms with Crippen LogP contribution in [0.25, 0.3) is 0 Å². The number of esters is 1. The fourth-order valence-corrected chi connectivity index (χ4v) is 3.84. The van der Waals surface area contributed by atoms with Crippen LogP contribution in [-0.4, -0.2) is 24.6 Å². The van der Waals surface area contributed by atoms with Gasteiger partial charge in [-0.05, 0) is 36.3 Å². The van der Waals surface area contributed by atoms with Crippen molar-refractivity contribution in [2.45, 2.75) is 39.2 Å². The Morgan fingerprint density at radius 3 is 2.29 bits per heavy atom. The van der Waals surface area contributed by atoms with Crippen LogP contribution >= 0.6 is 0 Å². The number of benzene rings is 2. The molecule has 28 heavy (non-hydrogen) atoms. The lowest BCUT2D eigenvalue weighted by atomic mass is 9.83. The van der Waals surface area contributed by atoms with Crippen LogP contribution in [0.2, 0.25) is 0 Å². The van der Waals surface area contributed by atoms with Gasteiger partial charge in [-0.3, -0.25) is 9.59 Å². The van der Waals surface area contributed by atoms with Gasteiger partial charge >= 0.3 is 13.7 Å². The molecule has 2 aromatic carbocycles. The monoisotopic (exact) mass is 379 g/mol. The van der Waals surface area contributed by atoms with Crippen molar-refractivity contribution in [3.8, 4) is 0 Å². The molecule has 0 amide bonds. The predicted octanol–water partition coefficient (Wildman–Crippen LogP) is 3.39. The quantitative estimate of drug-likeness (QED) is 0.562. The first kappa shape index (κ1) is 20.1. The molecule has 2 aromatic rings. The molecule has 1 fully saturated rings. The molecule has 0 aliphatic heterocycles. The Morgan fingerprint density at radius 2 is 1.68 bits per heavy atom. The molecule has 3 rings (SSSR count). The second kappa shape index (κ2) is 8.19. The van der Waals surface area contributed by atoms with Crippen LogP contribution in [0.1, 0.15) is 43.7 Å². The Hall–Kier alpha value is -2.60. The van der Waals surface area contributed by atoms with Crippen molar-refractivity contribution < 1.29 is 24.0 Å². The first-order chi connectivity index (χ1) is 13.4. The van der Waals surface area contributed by atoms with Crippen molar-refractivity contribution in [2.24, 2.45) is 10.8 Å². The molecular formula is C22H24BO5. The molecule has 1 radical (unpaired) electrons. The van der Waals surface area contributed by atoms with E-state index in [2.05, 4.69) is 0 Å². The maximum atomic E-state index is 12.7. The zero-order valence-corrected chi connectivity index (χ0v) is 16.1. The second-order valence-corrected chi connectivity index (χ2v) is 7.84. The third-order valence-electron chi connectivity index (χ3n) is 5.92. The molecule has 145 valence electrons. The Kier molecular flexibility index (Phi) is 5.89. The van der Waals surface area contributed by atoms with Gasteiger partial charge in [-0.2, -0.15) is 0 Å². The zero-order valence-electron chi connectivity index (χ0n) is 16.1. The van der Waals surface area contributed by atoms with Crippen LogP contribution in [0.15, 0.2) is 60.7 Å². The van der Waals surface area contributed by atoms with E-state index in [1.165, 1.54) is 0 Å². The number of hydrogen-bond donors (Lipinski definition) is 1. The van der Waals surface area contributed by atoms with Crippen molar-refractivity contribution in [3.63, 3.8) is 0 Å². The molecule has 1 N–H and O–H groups in total. The maximum absolute atomic E-state index is 12.7. The van der Waals surface area contributed by atoms with Gasteiger partial charge in [0.15, 0.2) is 0 Å². The first-order valence-corrected chi connectivity index (χ1v) is 9.32. The van der Waals surface area contributed by atoms with E-state index in [0.29, 0.717) is 20.5 Å². The number of ether oxygens (including phenoxy) is 1. The van der Waals surface area contributed by atoms with Crippen molar-refractivity contribution in [1.82, 2.24) is 0 Å². The summed E-state index contributed by atoms with van der Waals surface area (Å²) in [6.45, 7) is 4.10. The summed E-state index contributed by atoms with van der Waals surface area (Å²) in [5.41, 5.74) is 0.682. The van der Waals surface area contributed by atoms with Crippen molar-refractivity contribution >= 4 is 19.6 Å². The van der Waals surface area contributed by atoms with E-state index in [-0.39, 0.29) is 12.6 Å². The highest BCUT2D eigenvalue weighted by Crippen LogP contribution is 2.67. The summed E-state index contributed by atoms with van der Waals surface area (Å²) in [6.07, 6.45) is 1.06. The summed E-state index contributed by atoms with van der Waals surface area (Å²) in [6, 6.07) is 18.8. The van der Waals surface area contributed by atoms with Crippen LogP contribution in [0.3, 0.4) is 0 Å². The van der Waals surface area contributed by atoms with Gasteiger partial charge in [0.2, 0.25) is 0 Å². The fourth-order valence-electron chi connectivity index (χ4n) is 3.84. The second-order valence-electron chi connectivity index (χ2n) is 7.84. The van der Waals surface area contributed by atoms with Crippen LogP contribution in [0.4, 0.5) is 0 Å². The minimum Gasteiger partial charge on any atom is -0.510 e. The molecule has 6 heteroatoms. The number of hydrogen-bond acceptors (Lipinski definition) is 5. The fraction of sp³-hybridized carbons (Fsp3) is 0.364. The number of carbonyl (C=O) groups is 2. The lowest BCUT2D eigenvalue weighted by Gasteiger charge is -2.23. The van der Waals surface area contributed by atoms with Gasteiger partial charge in [0.05, 0.1) is 11.3 Å². The van der Waals surface area contributed by atoms with E-state index < -0.39 is 22.7 Å². The predicted molar refractivity (Wildman–Crippen MR) is 105 cm³/mol. The van der Waals surface area contributed by atoms with E-state index in [9.17, 15) is 9.59 Å². The molecular weight excluding hydrogens is 355 g/mol. The molecule has 0 spiro atoms. The molecule has 0 bridgehead atoms. The van der Waals surface area contributed by atoms with Gasteiger partial charge in [0.1, 0.15) is 6.61 Å². The molecule has 1 saturated carbocycles. The van der Waals surface area contributed by atoms with Crippen LogP contribution in [0, 0.1) is 10.8 Å². The summed E-state index contributed by atoms with van der Waals surface area (Å²) in [5.74, 6) is -1.37. The van der Waals surface area contributed by atoms with Gasteiger partial charge in [0, 0.05) is 0 Å². The van der Waals surface area contributed by atoms with Gasteiger partial charge in [0.25, 0.3) is 5.97 Å². The summed E-state index contributed by atoms with van der Waals surface area (Å²) >= 11 is 0. The number of carbonyl (C=O) groups excluding carboxylic acids is 2. The maximum Gasteiger partial charge on any atom is 0.571 e. The van der Waals surface area contributed by atoms with Crippen LogP contribution < -0.4 is 0 Å². The smallest absolute Gasteiger partial charge is 0.510 e. The zero-order chi connectivity index (χ0) is 20.2. The highest BCUT2D eigenvalue weighted by Gasteiger charge is 2.67. The van der Waals surface area contributed by atoms with Crippen molar-refractivity contribution in [2.75, 3.05) is 0 Å². The van der Waals surface area contributed by atoms with E-state index in [0.717, 1.165) is 11.1 Å². The lowest BCUT2D eigenvalue weighted by molar-refractivity contribution is -0.153. The SMILES string of the molecule is CC1(CC(C(=O)O[B]O)c2ccccc2)CC1(C)C(=O)OCc1ccccc1. The molecule has 0 aromatic heterocycles. The molecule has 0 heterocycles. The Labute approximate surface area is 166 Å². The minimum atomic E-state index is -0.655. The molecule has 5 nitrogen and oxygen atoms in total. The summed E-state index contributed by atoms with van der Waals surface area (Å²) in [7, 11) is 0.404. The van der Waals surface area contributed by atoms with Gasteiger partial charge in [-0.25, -0.2) is 0 Å². The van der Waals surface area contributed by atoms with Crippen LogP contribution in [0.5, 0.6) is 0 Å². The summed E-state index contributed by atoms with van der Waals surface area (Å²) in [5, 5.41) is 8.87. The normalized spacial score (nSPS) is 24.1. The van der Waals surface area contributed by atoms with Gasteiger partial charge < -0.3 is 14.4 Å². The molecule has 1 aliphatic rings. The van der Waals surface area contributed by atoms with Crippen molar-refractivity contribution in [1.29, 1.82) is 0 Å². The minimum absolute atomic E-state index is 0.231. The standard InChI is InChI=1S/C22H24BO5/c1-21(13-18(19(24)28-23-26)17-11-7-4-8-12-17)15-22(21,2)20(25)27-14-16-9-5-3-6-10-16/h3-12,18,26H,13-15H2,1-2H3. The van der Waals surface area contributed by atoms with Crippen LogP contribution in [-0.2, 0) is 25.6 Å². The average Bonchev–Trinajstić information content (AvgIpc) is 3.28. The summed E-state index contributed by atoms with van der Waals surface area (Å²) in [4.78, 5) is 25.2. The molecule has 0 saturated heterocycles. The molecule has 3 unspecified atom stereocenters. The van der Waals surface area contributed by atoms with E-state index in [1.54, 1.807) is 0 Å². The largest absolute Gasteiger partial charge is 0.571 e. The topological polar surface area (TPSA) is 72.8 Å². The third-order valence-corrected chi connectivity index (χ3v) is 5.92. The van der Waals surface area contributed by atoms with E-state index >= 15 is 0 Å². The Bertz CT molecular complexity index is 825. The highest BCUT2D eigenvalue weighted by atomic mass is 16.6. The Morgan fingerprint density at radius 1 is 1.07 bits per heavy atom. The summed E-state index contributed by atoms with van der Waals surface area (Å²) < 4.78 is 10.3. The number of rotatable bonds is 8.